The first-order valence-electron chi connectivity index (χ1n) is 13.0. The molecule has 3 rings (SSSR count). The van der Waals surface area contributed by atoms with Crippen LogP contribution in [0, 0.1) is 6.92 Å². The molecule has 8 nitrogen and oxygen atoms in total. The first-order valence-corrected chi connectivity index (χ1v) is 13.0. The summed E-state index contributed by atoms with van der Waals surface area (Å²) < 4.78 is 39.1. The van der Waals surface area contributed by atoms with Crippen LogP contribution in [0.2, 0.25) is 0 Å². The maximum absolute atomic E-state index is 13.7. The van der Waals surface area contributed by atoms with Crippen molar-refractivity contribution in [2.45, 2.75) is 71.1 Å². The summed E-state index contributed by atoms with van der Waals surface area (Å²) in [5.41, 5.74) is 0.610. The number of carbonyl (C=O) groups excluding carboxylic acids is 2. The number of benzene rings is 2. The van der Waals surface area contributed by atoms with Crippen LogP contribution in [0.4, 0.5) is 13.6 Å². The normalized spacial score (nSPS) is 16.9. The quantitative estimate of drug-likeness (QED) is 0.331. The minimum atomic E-state index is -3.16. The van der Waals surface area contributed by atoms with E-state index in [1.807, 2.05) is 37.3 Å². The molecule has 39 heavy (non-hydrogen) atoms. The summed E-state index contributed by atoms with van der Waals surface area (Å²) in [6.07, 6.45) is -2.24. The number of Topliss-reactive ketones (excluding diaryl/α,β-unsaturated/α-hetero) is 1. The molecule has 0 bridgehead atoms. The smallest absolute Gasteiger partial charge is 0.329 e. The SMILES string of the molecule is CCOc1c(C(C)=O)ccc([C@@H](C)N(CCO[C@H](C)c2ccccc2)C(=O)NC2(C(=O)O)CC(F)(F)C2)c1C. The molecular formula is C29H36F2N2O6. The largest absolute Gasteiger partial charge is 0.493 e. The van der Waals surface area contributed by atoms with Gasteiger partial charge in [-0.25, -0.2) is 18.4 Å². The second-order valence-corrected chi connectivity index (χ2v) is 9.97. The third-order valence-corrected chi connectivity index (χ3v) is 7.14. The van der Waals surface area contributed by atoms with Crippen molar-refractivity contribution in [3.05, 3.63) is 64.7 Å². The van der Waals surface area contributed by atoms with Gasteiger partial charge < -0.3 is 24.8 Å². The predicted molar refractivity (Wildman–Crippen MR) is 141 cm³/mol. The third-order valence-electron chi connectivity index (χ3n) is 7.14. The third kappa shape index (κ3) is 6.73. The highest BCUT2D eigenvalue weighted by atomic mass is 19.3. The molecule has 0 aliphatic heterocycles. The molecular weight excluding hydrogens is 510 g/mol. The summed E-state index contributed by atoms with van der Waals surface area (Å²) in [7, 11) is 0. The number of alkyl halides is 2. The van der Waals surface area contributed by atoms with Crippen LogP contribution in [0.25, 0.3) is 0 Å². The Bertz CT molecular complexity index is 1200. The van der Waals surface area contributed by atoms with Crippen LogP contribution < -0.4 is 10.1 Å². The van der Waals surface area contributed by atoms with E-state index in [0.29, 0.717) is 29.0 Å². The summed E-state index contributed by atoms with van der Waals surface area (Å²) in [5.74, 6) is -4.44. The summed E-state index contributed by atoms with van der Waals surface area (Å²) in [6.45, 7) is 9.10. The van der Waals surface area contributed by atoms with Gasteiger partial charge in [0.15, 0.2) is 11.3 Å². The van der Waals surface area contributed by atoms with Gasteiger partial charge in [-0.2, -0.15) is 0 Å². The number of amides is 2. The Balaban J connectivity index is 1.89. The van der Waals surface area contributed by atoms with Gasteiger partial charge in [-0.1, -0.05) is 36.4 Å². The highest BCUT2D eigenvalue weighted by Gasteiger charge is 2.62. The highest BCUT2D eigenvalue weighted by molar-refractivity contribution is 5.97. The molecule has 0 spiro atoms. The number of ether oxygens (including phenoxy) is 2. The lowest BCUT2D eigenvalue weighted by Crippen LogP contribution is -2.68. The van der Waals surface area contributed by atoms with E-state index < -0.39 is 42.3 Å². The van der Waals surface area contributed by atoms with E-state index in [4.69, 9.17) is 9.47 Å². The van der Waals surface area contributed by atoms with Gasteiger partial charge in [-0.05, 0) is 57.4 Å². The fourth-order valence-corrected chi connectivity index (χ4v) is 4.95. The van der Waals surface area contributed by atoms with Gasteiger partial charge in [0.1, 0.15) is 5.75 Å². The highest BCUT2D eigenvalue weighted by Crippen LogP contribution is 2.46. The Kier molecular flexibility index (Phi) is 9.32. The van der Waals surface area contributed by atoms with Crippen molar-refractivity contribution in [3.8, 4) is 5.75 Å². The second-order valence-electron chi connectivity index (χ2n) is 9.97. The molecule has 0 unspecified atom stereocenters. The molecule has 0 aromatic heterocycles. The van der Waals surface area contributed by atoms with Crippen molar-refractivity contribution in [3.63, 3.8) is 0 Å². The molecule has 2 aromatic rings. The van der Waals surface area contributed by atoms with Crippen LogP contribution in [0.3, 0.4) is 0 Å². The monoisotopic (exact) mass is 546 g/mol. The number of carboxylic acid groups (broad SMARTS) is 1. The van der Waals surface area contributed by atoms with E-state index in [0.717, 1.165) is 5.56 Å². The molecule has 0 heterocycles. The Morgan fingerprint density at radius 1 is 1.10 bits per heavy atom. The number of urea groups is 1. The summed E-state index contributed by atoms with van der Waals surface area (Å²) in [6, 6.07) is 11.4. The van der Waals surface area contributed by atoms with Crippen molar-refractivity contribution in [1.82, 2.24) is 10.2 Å². The van der Waals surface area contributed by atoms with Gasteiger partial charge in [-0.15, -0.1) is 0 Å². The van der Waals surface area contributed by atoms with Crippen LogP contribution in [0.1, 0.15) is 79.7 Å². The Morgan fingerprint density at radius 2 is 1.74 bits per heavy atom. The predicted octanol–water partition coefficient (Wildman–Crippen LogP) is 5.70. The Morgan fingerprint density at radius 3 is 2.28 bits per heavy atom. The maximum Gasteiger partial charge on any atom is 0.329 e. The molecule has 1 saturated carbocycles. The van der Waals surface area contributed by atoms with Crippen molar-refractivity contribution in [1.29, 1.82) is 0 Å². The lowest BCUT2D eigenvalue weighted by Gasteiger charge is -2.45. The van der Waals surface area contributed by atoms with Crippen molar-refractivity contribution >= 4 is 17.8 Å². The summed E-state index contributed by atoms with van der Waals surface area (Å²) in [4.78, 5) is 38.9. The average Bonchev–Trinajstić information content (AvgIpc) is 2.86. The fraction of sp³-hybridized carbons (Fsp3) is 0.483. The number of nitrogens with one attached hydrogen (secondary N) is 1. The van der Waals surface area contributed by atoms with Gasteiger partial charge in [0, 0.05) is 19.4 Å². The maximum atomic E-state index is 13.7. The van der Waals surface area contributed by atoms with Gasteiger partial charge in [-0.3, -0.25) is 4.79 Å². The van der Waals surface area contributed by atoms with Crippen LogP contribution in [0.5, 0.6) is 5.75 Å². The van der Waals surface area contributed by atoms with Crippen LogP contribution in [-0.2, 0) is 9.53 Å². The van der Waals surface area contributed by atoms with E-state index in [2.05, 4.69) is 5.32 Å². The molecule has 1 fully saturated rings. The molecule has 2 aromatic carbocycles. The molecule has 10 heteroatoms. The molecule has 0 radical (unpaired) electrons. The molecule has 2 N–H and O–H groups in total. The molecule has 2 amide bonds. The van der Waals surface area contributed by atoms with Crippen molar-refractivity contribution in [2.24, 2.45) is 0 Å². The average molecular weight is 547 g/mol. The van der Waals surface area contributed by atoms with E-state index in [9.17, 15) is 28.3 Å². The minimum Gasteiger partial charge on any atom is -0.493 e. The molecule has 212 valence electrons. The van der Waals surface area contributed by atoms with Gasteiger partial charge in [0.2, 0.25) is 0 Å². The van der Waals surface area contributed by atoms with Gasteiger partial charge in [0.05, 0.1) is 30.9 Å². The molecule has 1 aliphatic rings. The van der Waals surface area contributed by atoms with E-state index in [-0.39, 0.29) is 25.0 Å². The number of hydrogen-bond acceptors (Lipinski definition) is 5. The lowest BCUT2D eigenvalue weighted by molar-refractivity contribution is -0.175. The number of rotatable bonds is 12. The standard InChI is InChI=1S/C29H36F2N2O6/c1-6-38-25-18(2)23(12-13-24(25)20(4)34)19(3)33(14-15-39-21(5)22-10-8-7-9-11-22)27(37)32-28(26(35)36)16-29(30,31)17-28/h7-13,19,21H,6,14-17H2,1-5H3,(H,32,37)(H,35,36)/t19-,21-/m1/s1. The van der Waals surface area contributed by atoms with E-state index in [1.165, 1.54) is 11.8 Å². The number of aliphatic carboxylic acids is 1. The van der Waals surface area contributed by atoms with Crippen LogP contribution >= 0.6 is 0 Å². The Hall–Kier alpha value is -3.53. The number of ketones is 1. The fourth-order valence-electron chi connectivity index (χ4n) is 4.95. The lowest BCUT2D eigenvalue weighted by atomic mass is 9.73. The second kappa shape index (κ2) is 12.1. The van der Waals surface area contributed by atoms with Crippen molar-refractivity contribution in [2.75, 3.05) is 19.8 Å². The van der Waals surface area contributed by atoms with E-state index >= 15 is 0 Å². The zero-order chi connectivity index (χ0) is 29.0. The minimum absolute atomic E-state index is 0.0497. The number of nitrogens with zero attached hydrogens (tertiary/aromatic N) is 1. The first kappa shape index (κ1) is 30.0. The molecule has 1 aliphatic carbocycles. The number of hydrogen-bond donors (Lipinski definition) is 2. The van der Waals surface area contributed by atoms with Crippen LogP contribution in [-0.4, -0.2) is 59.0 Å². The number of carbonyl (C=O) groups is 3. The topological polar surface area (TPSA) is 105 Å². The summed E-state index contributed by atoms with van der Waals surface area (Å²) in [5, 5.41) is 12.0. The zero-order valence-corrected chi connectivity index (χ0v) is 22.9. The Labute approximate surface area is 227 Å². The first-order chi connectivity index (χ1) is 18.3. The zero-order valence-electron chi connectivity index (χ0n) is 22.9. The number of halogens is 2. The number of carboxylic acids is 1. The summed E-state index contributed by atoms with van der Waals surface area (Å²) >= 11 is 0. The van der Waals surface area contributed by atoms with Gasteiger partial charge in [0.25, 0.3) is 5.92 Å². The van der Waals surface area contributed by atoms with Gasteiger partial charge >= 0.3 is 12.0 Å². The van der Waals surface area contributed by atoms with Crippen molar-refractivity contribution < 1.29 is 37.7 Å². The molecule has 0 saturated heterocycles. The van der Waals surface area contributed by atoms with Crippen LogP contribution in [0.15, 0.2) is 42.5 Å². The molecule has 2 atom stereocenters. The van der Waals surface area contributed by atoms with E-state index in [1.54, 1.807) is 32.9 Å².